The molecular formula is C14H20N2O. The number of aryl methyl sites for hydroxylation is 2. The van der Waals surface area contributed by atoms with Crippen LogP contribution in [0, 0.1) is 12.8 Å². The molecule has 0 radical (unpaired) electrons. The molecule has 0 aliphatic carbocycles. The largest absolute Gasteiger partial charge is 0.330 e. The fourth-order valence-corrected chi connectivity index (χ4v) is 2.28. The molecule has 1 amide bonds. The Morgan fingerprint density at radius 2 is 2.29 bits per heavy atom. The van der Waals surface area contributed by atoms with E-state index >= 15 is 0 Å². The van der Waals surface area contributed by atoms with Crippen molar-refractivity contribution in [2.45, 2.75) is 26.7 Å². The van der Waals surface area contributed by atoms with Gasteiger partial charge in [-0.1, -0.05) is 19.1 Å². The summed E-state index contributed by atoms with van der Waals surface area (Å²) in [7, 11) is 0. The minimum absolute atomic E-state index is 0.0959. The monoisotopic (exact) mass is 232 g/mol. The van der Waals surface area contributed by atoms with E-state index < -0.39 is 0 Å². The zero-order valence-electron chi connectivity index (χ0n) is 10.6. The first-order valence-corrected chi connectivity index (χ1v) is 6.24. The normalized spacial score (nSPS) is 16.5. The topological polar surface area (TPSA) is 46.3 Å². The average molecular weight is 232 g/mol. The van der Waals surface area contributed by atoms with Gasteiger partial charge in [-0.05, 0) is 37.0 Å². The number of anilines is 1. The maximum atomic E-state index is 12.2. The molecule has 1 atom stereocenters. The van der Waals surface area contributed by atoms with Gasteiger partial charge in [0.1, 0.15) is 0 Å². The summed E-state index contributed by atoms with van der Waals surface area (Å²) in [6.45, 7) is 5.19. The van der Waals surface area contributed by atoms with Crippen molar-refractivity contribution in [2.24, 2.45) is 11.7 Å². The van der Waals surface area contributed by atoms with Crippen LogP contribution in [0.1, 0.15) is 24.5 Å². The highest BCUT2D eigenvalue weighted by Crippen LogP contribution is 2.29. The second-order valence-corrected chi connectivity index (χ2v) is 4.86. The van der Waals surface area contributed by atoms with Gasteiger partial charge in [-0.2, -0.15) is 0 Å². The van der Waals surface area contributed by atoms with E-state index in [2.05, 4.69) is 25.1 Å². The maximum Gasteiger partial charge on any atom is 0.231 e. The Bertz CT molecular complexity index is 428. The average Bonchev–Trinajstić information content (AvgIpc) is 2.36. The quantitative estimate of drug-likeness (QED) is 0.846. The molecule has 1 heterocycles. The maximum absolute atomic E-state index is 12.2. The number of benzene rings is 1. The molecular weight excluding hydrogens is 212 g/mol. The summed E-state index contributed by atoms with van der Waals surface area (Å²) in [5, 5.41) is 0. The van der Waals surface area contributed by atoms with Gasteiger partial charge in [-0.25, -0.2) is 0 Å². The fraction of sp³-hybridized carbons (Fsp3) is 0.500. The fourth-order valence-electron chi connectivity index (χ4n) is 2.28. The molecule has 0 fully saturated rings. The van der Waals surface area contributed by atoms with Gasteiger partial charge in [0.15, 0.2) is 0 Å². The molecule has 0 saturated carbocycles. The smallest absolute Gasteiger partial charge is 0.231 e. The Morgan fingerprint density at radius 1 is 1.53 bits per heavy atom. The number of amides is 1. The lowest BCUT2D eigenvalue weighted by atomic mass is 9.98. The summed E-state index contributed by atoms with van der Waals surface area (Å²) < 4.78 is 0. The molecule has 0 spiro atoms. The van der Waals surface area contributed by atoms with Gasteiger partial charge in [0.25, 0.3) is 0 Å². The van der Waals surface area contributed by atoms with Crippen LogP contribution in [0.3, 0.4) is 0 Å². The molecule has 2 rings (SSSR count). The predicted octanol–water partition coefficient (Wildman–Crippen LogP) is 1.87. The van der Waals surface area contributed by atoms with E-state index in [0.717, 1.165) is 25.1 Å². The summed E-state index contributed by atoms with van der Waals surface area (Å²) in [6.07, 6.45) is 2.11. The minimum atomic E-state index is -0.0959. The van der Waals surface area contributed by atoms with Crippen LogP contribution < -0.4 is 10.6 Å². The van der Waals surface area contributed by atoms with Crippen LogP contribution in [0.15, 0.2) is 18.2 Å². The van der Waals surface area contributed by atoms with Crippen molar-refractivity contribution in [3.05, 3.63) is 29.3 Å². The van der Waals surface area contributed by atoms with Crippen molar-refractivity contribution in [3.63, 3.8) is 0 Å². The number of hydrogen-bond acceptors (Lipinski definition) is 2. The molecule has 2 N–H and O–H groups in total. The van der Waals surface area contributed by atoms with Crippen LogP contribution in [0.5, 0.6) is 0 Å². The molecule has 0 bridgehead atoms. The van der Waals surface area contributed by atoms with Gasteiger partial charge < -0.3 is 10.6 Å². The number of carbonyl (C=O) groups excluding carboxylic acids is 1. The van der Waals surface area contributed by atoms with E-state index in [4.69, 9.17) is 5.73 Å². The highest BCUT2D eigenvalue weighted by molar-refractivity contribution is 5.96. The molecule has 1 aliphatic rings. The summed E-state index contributed by atoms with van der Waals surface area (Å²) in [5.74, 6) is 0.0560. The number of fused-ring (bicyclic) bond motifs is 1. The lowest BCUT2D eigenvalue weighted by molar-refractivity contribution is -0.121. The third kappa shape index (κ3) is 2.34. The number of nitrogens with zero attached hydrogens (tertiary/aromatic N) is 1. The molecule has 3 heteroatoms. The molecule has 0 saturated heterocycles. The molecule has 3 nitrogen and oxygen atoms in total. The predicted molar refractivity (Wildman–Crippen MR) is 70.1 cm³/mol. The van der Waals surface area contributed by atoms with Gasteiger partial charge in [0.2, 0.25) is 5.91 Å². The molecule has 17 heavy (non-hydrogen) atoms. The first kappa shape index (κ1) is 12.1. The van der Waals surface area contributed by atoms with Crippen LogP contribution in [-0.4, -0.2) is 19.0 Å². The van der Waals surface area contributed by atoms with Crippen LogP contribution in [0.4, 0.5) is 5.69 Å². The first-order valence-electron chi connectivity index (χ1n) is 6.24. The van der Waals surface area contributed by atoms with Crippen molar-refractivity contribution in [1.82, 2.24) is 0 Å². The Morgan fingerprint density at radius 3 is 3.00 bits per heavy atom. The number of hydrogen-bond donors (Lipinski definition) is 1. The number of carbonyl (C=O) groups is 1. The van der Waals surface area contributed by atoms with E-state index in [1.165, 1.54) is 11.1 Å². The third-order valence-electron chi connectivity index (χ3n) is 3.40. The van der Waals surface area contributed by atoms with Crippen molar-refractivity contribution in [1.29, 1.82) is 0 Å². The van der Waals surface area contributed by atoms with Gasteiger partial charge in [0, 0.05) is 24.7 Å². The van der Waals surface area contributed by atoms with Crippen LogP contribution in [0.25, 0.3) is 0 Å². The summed E-state index contributed by atoms with van der Waals surface area (Å²) in [5.41, 5.74) is 9.14. The van der Waals surface area contributed by atoms with Crippen LogP contribution in [-0.2, 0) is 11.2 Å². The van der Waals surface area contributed by atoms with Gasteiger partial charge in [0.05, 0.1) is 0 Å². The molecule has 1 aliphatic heterocycles. The number of rotatable bonds is 2. The SMILES string of the molecule is Cc1ccc2c(c1)N(C(=O)C(C)CN)CCC2. The van der Waals surface area contributed by atoms with E-state index in [1.807, 2.05) is 11.8 Å². The molecule has 1 aromatic carbocycles. The van der Waals surface area contributed by atoms with Gasteiger partial charge >= 0.3 is 0 Å². The van der Waals surface area contributed by atoms with Gasteiger partial charge in [-0.15, -0.1) is 0 Å². The van der Waals surface area contributed by atoms with Crippen LogP contribution >= 0.6 is 0 Å². The lowest BCUT2D eigenvalue weighted by Crippen LogP contribution is -2.41. The van der Waals surface area contributed by atoms with Crippen molar-refractivity contribution < 1.29 is 4.79 Å². The van der Waals surface area contributed by atoms with E-state index in [1.54, 1.807) is 0 Å². The standard InChI is InChI=1S/C14H20N2O/c1-10-5-6-12-4-3-7-16(13(12)8-10)14(17)11(2)9-15/h5-6,8,11H,3-4,7,9,15H2,1-2H3. The molecule has 1 unspecified atom stereocenters. The van der Waals surface area contributed by atoms with Gasteiger partial charge in [-0.3, -0.25) is 4.79 Å². The summed E-state index contributed by atoms with van der Waals surface area (Å²) in [4.78, 5) is 14.2. The first-order chi connectivity index (χ1) is 8.13. The number of nitrogens with two attached hydrogens (primary N) is 1. The van der Waals surface area contributed by atoms with E-state index in [9.17, 15) is 4.79 Å². The molecule has 1 aromatic rings. The summed E-state index contributed by atoms with van der Waals surface area (Å²) >= 11 is 0. The highest BCUT2D eigenvalue weighted by Gasteiger charge is 2.25. The third-order valence-corrected chi connectivity index (χ3v) is 3.40. The highest BCUT2D eigenvalue weighted by atomic mass is 16.2. The zero-order chi connectivity index (χ0) is 12.4. The summed E-state index contributed by atoms with van der Waals surface area (Å²) in [6, 6.07) is 6.35. The second kappa shape index (κ2) is 4.88. The van der Waals surface area contributed by atoms with Crippen molar-refractivity contribution >= 4 is 11.6 Å². The Kier molecular flexibility index (Phi) is 3.48. The Hall–Kier alpha value is -1.35. The zero-order valence-corrected chi connectivity index (χ0v) is 10.6. The van der Waals surface area contributed by atoms with Crippen LogP contribution in [0.2, 0.25) is 0 Å². The van der Waals surface area contributed by atoms with E-state index in [-0.39, 0.29) is 11.8 Å². The Balaban J connectivity index is 2.34. The Labute approximate surface area is 103 Å². The molecule has 92 valence electrons. The minimum Gasteiger partial charge on any atom is -0.330 e. The second-order valence-electron chi connectivity index (χ2n) is 4.86. The van der Waals surface area contributed by atoms with E-state index in [0.29, 0.717) is 6.54 Å². The lowest BCUT2D eigenvalue weighted by Gasteiger charge is -2.31. The van der Waals surface area contributed by atoms with Crippen molar-refractivity contribution in [2.75, 3.05) is 18.0 Å². The van der Waals surface area contributed by atoms with Crippen molar-refractivity contribution in [3.8, 4) is 0 Å². The molecule has 0 aromatic heterocycles.